The van der Waals surface area contributed by atoms with Crippen molar-refractivity contribution in [2.75, 3.05) is 19.3 Å². The van der Waals surface area contributed by atoms with Gasteiger partial charge in [-0.2, -0.15) is 11.8 Å². The molecule has 0 aliphatic heterocycles. The highest BCUT2D eigenvalue weighted by Gasteiger charge is 2.02. The Kier molecular flexibility index (Phi) is 6.13. The van der Waals surface area contributed by atoms with Gasteiger partial charge >= 0.3 is 6.03 Å². The van der Waals surface area contributed by atoms with Crippen molar-refractivity contribution >= 4 is 30.6 Å². The number of urea groups is 1. The third kappa shape index (κ3) is 5.78. The van der Waals surface area contributed by atoms with E-state index in [-0.39, 0.29) is 6.03 Å². The number of carbonyl (C=O) groups is 1. The molecule has 0 saturated carbocycles. The summed E-state index contributed by atoms with van der Waals surface area (Å²) in [6, 6.07) is 1.78. The molecule has 0 aliphatic rings. The quantitative estimate of drug-likeness (QED) is 0.630. The molecule has 17 heavy (non-hydrogen) atoms. The van der Waals surface area contributed by atoms with E-state index in [0.717, 1.165) is 22.9 Å². The summed E-state index contributed by atoms with van der Waals surface area (Å²) in [6.07, 6.45) is 1.57. The fourth-order valence-corrected chi connectivity index (χ4v) is 1.94. The number of hydrogen-bond acceptors (Lipinski definition) is 5. The molecule has 2 amide bonds. The molecule has 7 heteroatoms. The zero-order chi connectivity index (χ0) is 12.7. The summed E-state index contributed by atoms with van der Waals surface area (Å²) in [5.74, 6) is 1.67. The lowest BCUT2D eigenvalue weighted by atomic mass is 10.4. The van der Waals surface area contributed by atoms with E-state index in [1.165, 1.54) is 4.31 Å². The molecule has 1 aromatic heterocycles. The van der Waals surface area contributed by atoms with Gasteiger partial charge in [0.1, 0.15) is 6.33 Å². The van der Waals surface area contributed by atoms with Crippen LogP contribution in [0.1, 0.15) is 11.4 Å². The van der Waals surface area contributed by atoms with E-state index in [1.807, 2.05) is 13.0 Å². The molecule has 0 atom stereocenters. The maximum Gasteiger partial charge on any atom is 0.326 e. The van der Waals surface area contributed by atoms with Gasteiger partial charge < -0.3 is 5.32 Å². The lowest BCUT2D eigenvalue weighted by Crippen LogP contribution is -2.32. The Labute approximate surface area is 111 Å². The van der Waals surface area contributed by atoms with E-state index in [0.29, 0.717) is 6.54 Å². The highest BCUT2D eigenvalue weighted by Crippen LogP contribution is 2.09. The Hall–Kier alpha value is -0.950. The summed E-state index contributed by atoms with van der Waals surface area (Å²) in [6.45, 7) is 2.57. The molecule has 0 bridgehead atoms. The summed E-state index contributed by atoms with van der Waals surface area (Å²) in [4.78, 5) is 19.3. The lowest BCUT2D eigenvalue weighted by Gasteiger charge is -2.10. The first-order chi connectivity index (χ1) is 8.09. The number of nitrogens with zero attached hydrogens (tertiary/aromatic N) is 3. The van der Waals surface area contributed by atoms with Gasteiger partial charge in [0.15, 0.2) is 0 Å². The Morgan fingerprint density at radius 3 is 3.00 bits per heavy atom. The van der Waals surface area contributed by atoms with Gasteiger partial charge in [0.25, 0.3) is 0 Å². The molecular formula is C10H16N4OS2. The number of hydrogen-bond donors (Lipinski definition) is 2. The van der Waals surface area contributed by atoms with Crippen molar-refractivity contribution in [2.24, 2.45) is 0 Å². The average Bonchev–Trinajstić information content (AvgIpc) is 2.28. The van der Waals surface area contributed by atoms with Gasteiger partial charge in [-0.1, -0.05) is 12.8 Å². The van der Waals surface area contributed by atoms with Gasteiger partial charge in [0.2, 0.25) is 0 Å². The van der Waals surface area contributed by atoms with Crippen LogP contribution in [-0.2, 0) is 5.75 Å². The van der Waals surface area contributed by atoms with Crippen LogP contribution >= 0.6 is 24.6 Å². The summed E-state index contributed by atoms with van der Waals surface area (Å²) >= 11 is 5.60. The number of nitrogens with one attached hydrogen (secondary N) is 1. The van der Waals surface area contributed by atoms with Gasteiger partial charge in [-0.15, -0.1) is 0 Å². The van der Waals surface area contributed by atoms with Crippen molar-refractivity contribution in [1.82, 2.24) is 19.6 Å². The molecule has 0 spiro atoms. The van der Waals surface area contributed by atoms with E-state index >= 15 is 0 Å². The summed E-state index contributed by atoms with van der Waals surface area (Å²) in [5, 5.41) is 2.74. The number of thioether (sulfide) groups is 1. The second-order valence-electron chi connectivity index (χ2n) is 3.46. The standard InChI is InChI=1S/C10H16N4OS2/c1-8-5-9(13-7-12-8)6-17-4-3-11-10(15)14(2)16/h5,7,16H,3-4,6H2,1-2H3,(H,11,15). The molecule has 0 aliphatic carbocycles. The normalized spacial score (nSPS) is 10.1. The first kappa shape index (κ1) is 14.1. The van der Waals surface area contributed by atoms with Crippen LogP contribution in [0.15, 0.2) is 12.4 Å². The highest BCUT2D eigenvalue weighted by molar-refractivity contribution is 7.98. The van der Waals surface area contributed by atoms with Crippen LogP contribution in [0.2, 0.25) is 0 Å². The molecule has 5 nitrogen and oxygen atoms in total. The number of aryl methyl sites for hydroxylation is 1. The molecule has 1 N–H and O–H groups in total. The van der Waals surface area contributed by atoms with Crippen LogP contribution in [0.5, 0.6) is 0 Å². The summed E-state index contributed by atoms with van der Waals surface area (Å²) in [7, 11) is 1.59. The van der Waals surface area contributed by atoms with Crippen LogP contribution in [0.25, 0.3) is 0 Å². The van der Waals surface area contributed by atoms with Crippen LogP contribution < -0.4 is 5.32 Å². The van der Waals surface area contributed by atoms with Gasteiger partial charge in [-0.25, -0.2) is 14.8 Å². The smallest absolute Gasteiger partial charge is 0.326 e. The molecule has 94 valence electrons. The van der Waals surface area contributed by atoms with Gasteiger partial charge in [0, 0.05) is 30.8 Å². The maximum absolute atomic E-state index is 11.1. The van der Waals surface area contributed by atoms with Crippen molar-refractivity contribution in [2.45, 2.75) is 12.7 Å². The Morgan fingerprint density at radius 2 is 2.35 bits per heavy atom. The number of rotatable bonds is 5. The van der Waals surface area contributed by atoms with Crippen LogP contribution in [0.4, 0.5) is 4.79 Å². The third-order valence-electron chi connectivity index (χ3n) is 1.93. The maximum atomic E-state index is 11.1. The van der Waals surface area contributed by atoms with E-state index in [2.05, 4.69) is 28.1 Å². The Balaban J connectivity index is 2.14. The minimum atomic E-state index is -0.188. The van der Waals surface area contributed by atoms with Crippen molar-refractivity contribution < 1.29 is 4.79 Å². The number of amides is 2. The van der Waals surface area contributed by atoms with E-state index in [1.54, 1.807) is 25.1 Å². The van der Waals surface area contributed by atoms with E-state index in [9.17, 15) is 4.79 Å². The van der Waals surface area contributed by atoms with Gasteiger partial charge in [0.05, 0.1) is 5.69 Å². The fraction of sp³-hybridized carbons (Fsp3) is 0.500. The lowest BCUT2D eigenvalue weighted by molar-refractivity contribution is 0.231. The molecule has 0 aromatic carbocycles. The fourth-order valence-electron chi connectivity index (χ4n) is 1.11. The monoisotopic (exact) mass is 272 g/mol. The zero-order valence-corrected chi connectivity index (χ0v) is 11.6. The van der Waals surface area contributed by atoms with E-state index < -0.39 is 0 Å². The molecule has 0 unspecified atom stereocenters. The van der Waals surface area contributed by atoms with Gasteiger partial charge in [-0.05, 0) is 13.0 Å². The minimum Gasteiger partial charge on any atom is -0.336 e. The third-order valence-corrected chi connectivity index (χ3v) is 3.10. The largest absolute Gasteiger partial charge is 0.336 e. The van der Waals surface area contributed by atoms with Crippen molar-refractivity contribution in [3.8, 4) is 0 Å². The molecule has 0 radical (unpaired) electrons. The number of aromatic nitrogens is 2. The predicted octanol–water partition coefficient (Wildman–Crippen LogP) is 1.50. The molecule has 1 aromatic rings. The second kappa shape index (κ2) is 7.39. The molecule has 1 heterocycles. The van der Waals surface area contributed by atoms with Gasteiger partial charge in [-0.3, -0.25) is 4.31 Å². The molecule has 0 saturated heterocycles. The summed E-state index contributed by atoms with van der Waals surface area (Å²) < 4.78 is 1.22. The second-order valence-corrected chi connectivity index (χ2v) is 5.16. The summed E-state index contributed by atoms with van der Waals surface area (Å²) in [5.41, 5.74) is 1.99. The van der Waals surface area contributed by atoms with Crippen molar-refractivity contribution in [1.29, 1.82) is 0 Å². The topological polar surface area (TPSA) is 58.1 Å². The number of thiol groups is 1. The average molecular weight is 272 g/mol. The zero-order valence-electron chi connectivity index (χ0n) is 9.88. The number of carbonyl (C=O) groups excluding carboxylic acids is 1. The first-order valence-corrected chi connectivity index (χ1v) is 6.71. The van der Waals surface area contributed by atoms with Crippen LogP contribution in [0.3, 0.4) is 0 Å². The SMILES string of the molecule is Cc1cc(CSCCNC(=O)N(C)S)ncn1. The first-order valence-electron chi connectivity index (χ1n) is 5.15. The van der Waals surface area contributed by atoms with Crippen molar-refractivity contribution in [3.05, 3.63) is 23.8 Å². The Bertz CT molecular complexity index is 373. The Morgan fingerprint density at radius 1 is 1.59 bits per heavy atom. The molecule has 0 fully saturated rings. The molecule has 1 rings (SSSR count). The predicted molar refractivity (Wildman–Crippen MR) is 73.1 cm³/mol. The van der Waals surface area contributed by atoms with E-state index in [4.69, 9.17) is 0 Å². The molecular weight excluding hydrogens is 256 g/mol. The minimum absolute atomic E-state index is 0.188. The van der Waals surface area contributed by atoms with Crippen LogP contribution in [-0.4, -0.2) is 39.6 Å². The van der Waals surface area contributed by atoms with Crippen LogP contribution in [0, 0.1) is 6.92 Å². The highest BCUT2D eigenvalue weighted by atomic mass is 32.2. The van der Waals surface area contributed by atoms with Crippen molar-refractivity contribution in [3.63, 3.8) is 0 Å².